The average Bonchev–Trinajstić information content (AvgIpc) is 2.59. The Hall–Kier alpha value is -2.61. The number of nitrogens with two attached hydrogens (primary N) is 1. The molecule has 9 heteroatoms. The highest BCUT2D eigenvalue weighted by atomic mass is 35.5. The molecule has 0 saturated heterocycles. The summed E-state index contributed by atoms with van der Waals surface area (Å²) in [5.74, 6) is 1.17. The molecule has 0 amide bonds. The Morgan fingerprint density at radius 2 is 2.04 bits per heavy atom. The number of aromatic nitrogens is 3. The molecule has 0 aliphatic heterocycles. The lowest BCUT2D eigenvalue weighted by Crippen LogP contribution is -2.17. The molecule has 0 atom stereocenters. The van der Waals surface area contributed by atoms with Gasteiger partial charge in [0.05, 0.1) is 6.61 Å². The molecular weight excluding hydrogens is 358 g/mol. The zero-order valence-electron chi connectivity index (χ0n) is 15.0. The van der Waals surface area contributed by atoms with Crippen molar-refractivity contribution >= 4 is 29.5 Å². The molecular formula is C17H22ClN5O3. The largest absolute Gasteiger partial charge is 0.494 e. The van der Waals surface area contributed by atoms with Gasteiger partial charge in [-0.2, -0.15) is 15.0 Å². The van der Waals surface area contributed by atoms with Crippen LogP contribution in [0, 0.1) is 6.92 Å². The monoisotopic (exact) mass is 379 g/mol. The fraction of sp³-hybridized carbons (Fsp3) is 0.412. The molecule has 26 heavy (non-hydrogen) atoms. The number of ether oxygens (including phenoxy) is 2. The Morgan fingerprint density at radius 1 is 1.27 bits per heavy atom. The van der Waals surface area contributed by atoms with Crippen LogP contribution >= 0.6 is 11.6 Å². The molecule has 0 saturated carbocycles. The van der Waals surface area contributed by atoms with E-state index in [1.54, 1.807) is 31.1 Å². The van der Waals surface area contributed by atoms with E-state index in [0.717, 1.165) is 11.3 Å². The van der Waals surface area contributed by atoms with Gasteiger partial charge in [0.2, 0.25) is 11.9 Å². The van der Waals surface area contributed by atoms with Crippen molar-refractivity contribution in [3.05, 3.63) is 34.6 Å². The lowest BCUT2D eigenvalue weighted by atomic mass is 10.2. The van der Waals surface area contributed by atoms with E-state index in [9.17, 15) is 4.79 Å². The maximum absolute atomic E-state index is 11.8. The Bertz CT molecular complexity index is 770. The fourth-order valence-electron chi connectivity index (χ4n) is 2.02. The van der Waals surface area contributed by atoms with Crippen molar-refractivity contribution < 1.29 is 14.3 Å². The quantitative estimate of drug-likeness (QED) is 0.550. The Labute approximate surface area is 157 Å². The number of rotatable bonds is 8. The summed E-state index contributed by atoms with van der Waals surface area (Å²) < 4.78 is 10.8. The number of anilines is 2. The zero-order valence-corrected chi connectivity index (χ0v) is 15.8. The van der Waals surface area contributed by atoms with Gasteiger partial charge in [-0.15, -0.1) is 0 Å². The highest BCUT2D eigenvalue weighted by molar-refractivity contribution is 6.31. The SMILES string of the molecule is Cc1cc(OCCCC(=O)OCc2nc(N)nc(N(C)C)n2)ccc1Cl. The number of carbonyl (C=O) groups excluding carboxylic acids is 1. The number of halogens is 1. The van der Waals surface area contributed by atoms with Gasteiger partial charge in [-0.05, 0) is 37.1 Å². The van der Waals surface area contributed by atoms with E-state index in [0.29, 0.717) is 29.8 Å². The third-order valence-corrected chi connectivity index (χ3v) is 3.80. The molecule has 140 valence electrons. The number of esters is 1. The number of benzene rings is 1. The van der Waals surface area contributed by atoms with Crippen LogP contribution in [-0.2, 0) is 16.1 Å². The molecule has 2 N–H and O–H groups in total. The number of hydrogen-bond acceptors (Lipinski definition) is 8. The van der Waals surface area contributed by atoms with Crippen LogP contribution in [0.5, 0.6) is 5.75 Å². The second-order valence-electron chi connectivity index (χ2n) is 5.83. The topological polar surface area (TPSA) is 103 Å². The minimum absolute atomic E-state index is 0.0520. The average molecular weight is 380 g/mol. The molecule has 1 aromatic heterocycles. The van der Waals surface area contributed by atoms with Gasteiger partial charge in [0, 0.05) is 25.5 Å². The molecule has 1 heterocycles. The van der Waals surface area contributed by atoms with Crippen LogP contribution in [0.4, 0.5) is 11.9 Å². The minimum Gasteiger partial charge on any atom is -0.494 e. The second-order valence-corrected chi connectivity index (χ2v) is 6.24. The molecule has 0 aliphatic carbocycles. The Morgan fingerprint density at radius 3 is 2.73 bits per heavy atom. The molecule has 1 aromatic carbocycles. The summed E-state index contributed by atoms with van der Waals surface area (Å²) in [4.78, 5) is 25.6. The summed E-state index contributed by atoms with van der Waals surface area (Å²) in [7, 11) is 3.57. The summed E-state index contributed by atoms with van der Waals surface area (Å²) in [6.07, 6.45) is 0.760. The minimum atomic E-state index is -0.355. The van der Waals surface area contributed by atoms with Crippen LogP contribution in [-0.4, -0.2) is 41.6 Å². The fourth-order valence-corrected chi connectivity index (χ4v) is 2.14. The molecule has 2 aromatic rings. The van der Waals surface area contributed by atoms with E-state index in [4.69, 9.17) is 26.8 Å². The number of hydrogen-bond donors (Lipinski definition) is 1. The van der Waals surface area contributed by atoms with Gasteiger partial charge in [0.1, 0.15) is 5.75 Å². The maximum atomic E-state index is 11.8. The van der Waals surface area contributed by atoms with Crippen molar-refractivity contribution in [3.8, 4) is 5.75 Å². The van der Waals surface area contributed by atoms with Crippen LogP contribution in [0.3, 0.4) is 0 Å². The first-order chi connectivity index (χ1) is 12.3. The highest BCUT2D eigenvalue weighted by Gasteiger charge is 2.09. The van der Waals surface area contributed by atoms with Gasteiger partial charge in [-0.1, -0.05) is 11.6 Å². The molecule has 0 radical (unpaired) electrons. The van der Waals surface area contributed by atoms with E-state index in [-0.39, 0.29) is 24.9 Å². The molecule has 0 bridgehead atoms. The molecule has 0 fully saturated rings. The number of aryl methyl sites for hydroxylation is 1. The zero-order chi connectivity index (χ0) is 19.1. The third-order valence-electron chi connectivity index (χ3n) is 3.37. The summed E-state index contributed by atoms with van der Waals surface area (Å²) in [6.45, 7) is 2.26. The van der Waals surface area contributed by atoms with Crippen LogP contribution in [0.2, 0.25) is 5.02 Å². The van der Waals surface area contributed by atoms with E-state index >= 15 is 0 Å². The van der Waals surface area contributed by atoms with Crippen molar-refractivity contribution in [1.82, 2.24) is 15.0 Å². The first kappa shape index (κ1) is 19.7. The van der Waals surface area contributed by atoms with Crippen molar-refractivity contribution in [2.45, 2.75) is 26.4 Å². The lowest BCUT2D eigenvalue weighted by Gasteiger charge is -2.11. The number of carbonyl (C=O) groups is 1. The lowest BCUT2D eigenvalue weighted by molar-refractivity contribution is -0.145. The standard InChI is InChI=1S/C17H22ClN5O3/c1-11-9-12(6-7-13(11)18)25-8-4-5-15(24)26-10-14-20-16(19)22-17(21-14)23(2)3/h6-7,9H,4-5,8,10H2,1-3H3,(H2,19,20,21,22). The predicted molar refractivity (Wildman–Crippen MR) is 99.3 cm³/mol. The van der Waals surface area contributed by atoms with Crippen LogP contribution in [0.15, 0.2) is 18.2 Å². The van der Waals surface area contributed by atoms with Crippen LogP contribution < -0.4 is 15.4 Å². The van der Waals surface area contributed by atoms with Gasteiger partial charge in [0.25, 0.3) is 0 Å². The van der Waals surface area contributed by atoms with Gasteiger partial charge in [0.15, 0.2) is 12.4 Å². The van der Waals surface area contributed by atoms with E-state index < -0.39 is 0 Å². The third kappa shape index (κ3) is 6.03. The Kier molecular flexibility index (Phi) is 6.97. The van der Waals surface area contributed by atoms with E-state index in [2.05, 4.69) is 15.0 Å². The predicted octanol–water partition coefficient (Wildman–Crippen LogP) is 2.38. The van der Waals surface area contributed by atoms with Crippen molar-refractivity contribution in [2.75, 3.05) is 31.3 Å². The second kappa shape index (κ2) is 9.19. The molecule has 8 nitrogen and oxygen atoms in total. The molecule has 2 rings (SSSR count). The summed E-state index contributed by atoms with van der Waals surface area (Å²) in [5, 5.41) is 0.692. The summed E-state index contributed by atoms with van der Waals surface area (Å²) >= 11 is 5.96. The van der Waals surface area contributed by atoms with Gasteiger partial charge < -0.3 is 20.1 Å². The van der Waals surface area contributed by atoms with Crippen molar-refractivity contribution in [2.24, 2.45) is 0 Å². The van der Waals surface area contributed by atoms with Gasteiger partial charge >= 0.3 is 5.97 Å². The van der Waals surface area contributed by atoms with E-state index in [1.807, 2.05) is 13.0 Å². The first-order valence-electron chi connectivity index (χ1n) is 8.07. The molecule has 0 spiro atoms. The van der Waals surface area contributed by atoms with Crippen molar-refractivity contribution in [1.29, 1.82) is 0 Å². The summed E-state index contributed by atoms with van der Waals surface area (Å²) in [6, 6.07) is 5.43. The smallest absolute Gasteiger partial charge is 0.306 e. The number of nitrogens with zero attached hydrogens (tertiary/aromatic N) is 4. The highest BCUT2D eigenvalue weighted by Crippen LogP contribution is 2.21. The van der Waals surface area contributed by atoms with Crippen LogP contribution in [0.1, 0.15) is 24.2 Å². The first-order valence-corrected chi connectivity index (χ1v) is 8.45. The molecule has 0 unspecified atom stereocenters. The number of nitrogen functional groups attached to an aromatic ring is 1. The normalized spacial score (nSPS) is 10.5. The van der Waals surface area contributed by atoms with Crippen LogP contribution in [0.25, 0.3) is 0 Å². The van der Waals surface area contributed by atoms with Gasteiger partial charge in [-0.25, -0.2) is 0 Å². The maximum Gasteiger partial charge on any atom is 0.306 e. The van der Waals surface area contributed by atoms with E-state index in [1.165, 1.54) is 0 Å². The molecule has 0 aliphatic rings. The van der Waals surface area contributed by atoms with Crippen molar-refractivity contribution in [3.63, 3.8) is 0 Å². The van der Waals surface area contributed by atoms with Gasteiger partial charge in [-0.3, -0.25) is 4.79 Å². The summed E-state index contributed by atoms with van der Waals surface area (Å²) in [5.41, 5.74) is 6.56. The Balaban J connectivity index is 1.73.